The number of aliphatic hydroxyl groups is 1. The number of ether oxygens (including phenoxy) is 1. The first kappa shape index (κ1) is 14.6. The molecule has 6 nitrogen and oxygen atoms in total. The average Bonchev–Trinajstić information content (AvgIpc) is 2.77. The van der Waals surface area contributed by atoms with Gasteiger partial charge in [-0.2, -0.15) is 0 Å². The number of hydrogen-bond acceptors (Lipinski definition) is 7. The maximum absolute atomic E-state index is 10.4. The van der Waals surface area contributed by atoms with Crippen LogP contribution in [0.4, 0.5) is 5.13 Å². The number of anilines is 1. The minimum Gasteiger partial charge on any atom is -0.388 e. The fourth-order valence-electron chi connectivity index (χ4n) is 2.24. The van der Waals surface area contributed by atoms with Crippen molar-refractivity contribution in [1.29, 1.82) is 0 Å². The summed E-state index contributed by atoms with van der Waals surface area (Å²) in [5.41, 5.74) is -0.623. The van der Waals surface area contributed by atoms with Gasteiger partial charge >= 0.3 is 0 Å². The topological polar surface area (TPSA) is 70.5 Å². The van der Waals surface area contributed by atoms with Gasteiger partial charge in [0.2, 0.25) is 5.13 Å². The Hall–Kier alpha value is -0.760. The van der Waals surface area contributed by atoms with E-state index in [0.717, 1.165) is 16.7 Å². The van der Waals surface area contributed by atoms with E-state index in [2.05, 4.69) is 20.4 Å². The van der Waals surface area contributed by atoms with Crippen LogP contribution in [0.1, 0.15) is 24.8 Å². The Labute approximate surface area is 117 Å². The second kappa shape index (κ2) is 6.60. The Morgan fingerprint density at radius 1 is 1.42 bits per heavy atom. The van der Waals surface area contributed by atoms with Crippen molar-refractivity contribution in [1.82, 2.24) is 15.1 Å². The van der Waals surface area contributed by atoms with Gasteiger partial charge in [0.1, 0.15) is 5.01 Å². The van der Waals surface area contributed by atoms with Gasteiger partial charge in [0.05, 0.1) is 12.1 Å². The third kappa shape index (κ3) is 4.38. The van der Waals surface area contributed by atoms with Crippen molar-refractivity contribution in [2.75, 3.05) is 38.7 Å². The van der Waals surface area contributed by atoms with Crippen LogP contribution in [0, 0.1) is 0 Å². The third-order valence-electron chi connectivity index (χ3n) is 3.19. The number of rotatable bonds is 6. The van der Waals surface area contributed by atoms with Crippen LogP contribution in [0.25, 0.3) is 0 Å². The van der Waals surface area contributed by atoms with Crippen LogP contribution in [0.15, 0.2) is 0 Å². The van der Waals surface area contributed by atoms with E-state index in [0.29, 0.717) is 39.1 Å². The van der Waals surface area contributed by atoms with E-state index in [-0.39, 0.29) is 0 Å². The highest BCUT2D eigenvalue weighted by Gasteiger charge is 2.31. The minimum absolute atomic E-state index is 0.623. The van der Waals surface area contributed by atoms with Crippen molar-refractivity contribution in [2.24, 2.45) is 0 Å². The Bertz CT molecular complexity index is 393. The Morgan fingerprint density at radius 3 is 2.84 bits per heavy atom. The molecule has 1 aliphatic rings. The molecule has 1 aliphatic heterocycles. The molecule has 1 saturated heterocycles. The Kier molecular flexibility index (Phi) is 5.09. The molecule has 0 atom stereocenters. The molecule has 1 fully saturated rings. The van der Waals surface area contributed by atoms with Crippen LogP contribution in [0.2, 0.25) is 0 Å². The zero-order chi connectivity index (χ0) is 13.7. The molecule has 0 amide bonds. The zero-order valence-electron chi connectivity index (χ0n) is 11.6. The highest BCUT2D eigenvalue weighted by Crippen LogP contribution is 2.23. The standard InChI is InChI=1S/C12H22N4O2S/c1-3-13-11-15-14-10(19-11)8-16(2)9-12(17)4-6-18-7-5-12/h17H,3-9H2,1-2H3,(H,13,15). The van der Waals surface area contributed by atoms with E-state index in [1.165, 1.54) is 0 Å². The molecule has 0 spiro atoms. The maximum Gasteiger partial charge on any atom is 0.205 e. The summed E-state index contributed by atoms with van der Waals surface area (Å²) in [6.07, 6.45) is 1.41. The van der Waals surface area contributed by atoms with Gasteiger partial charge in [-0.15, -0.1) is 10.2 Å². The first-order valence-electron chi connectivity index (χ1n) is 6.66. The van der Waals surface area contributed by atoms with Crippen LogP contribution in [-0.4, -0.2) is 59.2 Å². The van der Waals surface area contributed by atoms with Crippen LogP contribution in [-0.2, 0) is 11.3 Å². The molecule has 7 heteroatoms. The van der Waals surface area contributed by atoms with Gasteiger partial charge in [-0.3, -0.25) is 4.90 Å². The highest BCUT2D eigenvalue weighted by atomic mass is 32.1. The molecule has 0 saturated carbocycles. The van der Waals surface area contributed by atoms with E-state index in [1.807, 2.05) is 14.0 Å². The second-order valence-electron chi connectivity index (χ2n) is 5.04. The molecule has 2 heterocycles. The average molecular weight is 286 g/mol. The normalized spacial score (nSPS) is 18.7. The molecule has 0 aromatic carbocycles. The highest BCUT2D eigenvalue weighted by molar-refractivity contribution is 7.15. The van der Waals surface area contributed by atoms with Crippen molar-refractivity contribution in [3.8, 4) is 0 Å². The largest absolute Gasteiger partial charge is 0.388 e. The lowest BCUT2D eigenvalue weighted by Gasteiger charge is -2.35. The number of nitrogens with zero attached hydrogens (tertiary/aromatic N) is 3. The van der Waals surface area contributed by atoms with Crippen molar-refractivity contribution >= 4 is 16.5 Å². The van der Waals surface area contributed by atoms with Crippen molar-refractivity contribution < 1.29 is 9.84 Å². The monoisotopic (exact) mass is 286 g/mol. The molecule has 0 unspecified atom stereocenters. The lowest BCUT2D eigenvalue weighted by Crippen LogP contribution is -2.45. The molecule has 2 rings (SSSR count). The van der Waals surface area contributed by atoms with Crippen LogP contribution >= 0.6 is 11.3 Å². The van der Waals surface area contributed by atoms with Crippen molar-refractivity contribution in [3.05, 3.63) is 5.01 Å². The van der Waals surface area contributed by atoms with Gasteiger partial charge in [-0.25, -0.2) is 0 Å². The first-order valence-corrected chi connectivity index (χ1v) is 7.48. The van der Waals surface area contributed by atoms with E-state index in [9.17, 15) is 5.11 Å². The SMILES string of the molecule is CCNc1nnc(CN(C)CC2(O)CCOCC2)s1. The molecule has 1 aromatic heterocycles. The molecule has 19 heavy (non-hydrogen) atoms. The number of hydrogen-bond donors (Lipinski definition) is 2. The fourth-order valence-corrected chi connectivity index (χ4v) is 3.13. The van der Waals surface area contributed by atoms with Gasteiger partial charge < -0.3 is 15.2 Å². The molecule has 0 bridgehead atoms. The Balaban J connectivity index is 1.84. The summed E-state index contributed by atoms with van der Waals surface area (Å²) in [6, 6.07) is 0. The summed E-state index contributed by atoms with van der Waals surface area (Å²) >= 11 is 1.57. The van der Waals surface area contributed by atoms with E-state index >= 15 is 0 Å². The van der Waals surface area contributed by atoms with Gasteiger partial charge in [-0.05, 0) is 14.0 Å². The van der Waals surface area contributed by atoms with Crippen molar-refractivity contribution in [3.63, 3.8) is 0 Å². The molecule has 0 aliphatic carbocycles. The van der Waals surface area contributed by atoms with Crippen LogP contribution < -0.4 is 5.32 Å². The van der Waals surface area contributed by atoms with E-state index in [4.69, 9.17) is 4.74 Å². The minimum atomic E-state index is -0.623. The van der Waals surface area contributed by atoms with E-state index < -0.39 is 5.60 Å². The molecule has 108 valence electrons. The van der Waals surface area contributed by atoms with Gasteiger partial charge in [0, 0.05) is 39.1 Å². The summed E-state index contributed by atoms with van der Waals surface area (Å²) in [4.78, 5) is 2.10. The van der Waals surface area contributed by atoms with Crippen molar-refractivity contribution in [2.45, 2.75) is 31.9 Å². The lowest BCUT2D eigenvalue weighted by atomic mass is 9.94. The van der Waals surface area contributed by atoms with Gasteiger partial charge in [-0.1, -0.05) is 11.3 Å². The predicted octanol–water partition coefficient (Wildman–Crippen LogP) is 0.943. The third-order valence-corrected chi connectivity index (χ3v) is 4.05. The molecule has 2 N–H and O–H groups in total. The summed E-state index contributed by atoms with van der Waals surface area (Å²) < 4.78 is 5.29. The fraction of sp³-hybridized carbons (Fsp3) is 0.833. The second-order valence-corrected chi connectivity index (χ2v) is 6.10. The number of nitrogens with one attached hydrogen (secondary N) is 1. The van der Waals surface area contributed by atoms with E-state index in [1.54, 1.807) is 11.3 Å². The zero-order valence-corrected chi connectivity index (χ0v) is 12.4. The quantitative estimate of drug-likeness (QED) is 0.811. The molecule has 0 radical (unpaired) electrons. The van der Waals surface area contributed by atoms with Crippen LogP contribution in [0.3, 0.4) is 0 Å². The molecular formula is C12H22N4O2S. The summed E-state index contributed by atoms with van der Waals surface area (Å²) in [6.45, 7) is 5.54. The maximum atomic E-state index is 10.4. The smallest absolute Gasteiger partial charge is 0.205 e. The Morgan fingerprint density at radius 2 is 2.16 bits per heavy atom. The molecule has 1 aromatic rings. The van der Waals surface area contributed by atoms with Gasteiger partial charge in [0.15, 0.2) is 0 Å². The summed E-state index contributed by atoms with van der Waals surface area (Å²) in [7, 11) is 2.00. The predicted molar refractivity (Wildman–Crippen MR) is 75.4 cm³/mol. The van der Waals surface area contributed by atoms with Crippen LogP contribution in [0.5, 0.6) is 0 Å². The number of aromatic nitrogens is 2. The molecular weight excluding hydrogens is 264 g/mol. The lowest BCUT2D eigenvalue weighted by molar-refractivity contribution is -0.0777. The summed E-state index contributed by atoms with van der Waals surface area (Å²) in [5, 5.41) is 23.6. The number of likely N-dealkylation sites (N-methyl/N-ethyl adjacent to an activating group) is 1. The summed E-state index contributed by atoms with van der Waals surface area (Å²) in [5.74, 6) is 0. The van der Waals surface area contributed by atoms with Gasteiger partial charge in [0.25, 0.3) is 0 Å². The first-order chi connectivity index (χ1) is 9.11.